The van der Waals surface area contributed by atoms with Gasteiger partial charge >= 0.3 is 6.03 Å². The largest absolute Gasteiger partial charge is 0.337 e. The van der Waals surface area contributed by atoms with Crippen LogP contribution in [0.5, 0.6) is 0 Å². The average Bonchev–Trinajstić information content (AvgIpc) is 3.12. The molecule has 9 heteroatoms. The van der Waals surface area contributed by atoms with Crippen molar-refractivity contribution in [2.24, 2.45) is 0 Å². The smallest absolute Gasteiger partial charge is 0.332 e. The number of amides is 4. The van der Waals surface area contributed by atoms with Gasteiger partial charge in [0.1, 0.15) is 12.6 Å². The number of urea groups is 1. The van der Waals surface area contributed by atoms with Gasteiger partial charge in [0.15, 0.2) is 9.84 Å². The van der Waals surface area contributed by atoms with Crippen molar-refractivity contribution in [3.63, 3.8) is 0 Å². The molecule has 0 saturated carbocycles. The van der Waals surface area contributed by atoms with E-state index in [0.717, 1.165) is 10.5 Å². The summed E-state index contributed by atoms with van der Waals surface area (Å²) >= 11 is 0. The second-order valence-electron chi connectivity index (χ2n) is 7.73. The van der Waals surface area contributed by atoms with Gasteiger partial charge in [0.05, 0.1) is 11.5 Å². The van der Waals surface area contributed by atoms with Crippen LogP contribution in [0.15, 0.2) is 24.3 Å². The minimum absolute atomic E-state index is 0.0605. The van der Waals surface area contributed by atoms with Gasteiger partial charge in [-0.25, -0.2) is 13.2 Å². The van der Waals surface area contributed by atoms with E-state index in [1.807, 2.05) is 26.0 Å². The third-order valence-electron chi connectivity index (χ3n) is 5.49. The number of nitrogens with zero attached hydrogens (tertiary/aromatic N) is 3. The number of aryl methyl sites for hydroxylation is 1. The number of carbonyl (C=O) groups excluding carboxylic acids is 3. The number of rotatable bonds is 6. The maximum atomic E-state index is 12.9. The highest BCUT2D eigenvalue weighted by molar-refractivity contribution is 7.91. The van der Waals surface area contributed by atoms with Gasteiger partial charge < -0.3 is 4.90 Å². The van der Waals surface area contributed by atoms with E-state index in [0.29, 0.717) is 25.1 Å². The number of imide groups is 1. The van der Waals surface area contributed by atoms with Gasteiger partial charge in [-0.2, -0.15) is 0 Å². The van der Waals surface area contributed by atoms with Gasteiger partial charge in [0.25, 0.3) is 5.91 Å². The highest BCUT2D eigenvalue weighted by Crippen LogP contribution is 2.26. The Morgan fingerprint density at radius 3 is 2.41 bits per heavy atom. The molecule has 8 nitrogen and oxygen atoms in total. The molecule has 2 saturated heterocycles. The van der Waals surface area contributed by atoms with E-state index in [1.54, 1.807) is 19.1 Å². The first-order valence-electron chi connectivity index (χ1n) is 9.85. The third-order valence-corrected chi connectivity index (χ3v) is 7.24. The van der Waals surface area contributed by atoms with Gasteiger partial charge in [-0.1, -0.05) is 24.6 Å². The molecule has 1 aromatic carbocycles. The molecule has 0 bridgehead atoms. The second kappa shape index (κ2) is 8.14. The number of carbonyl (C=O) groups is 3. The molecule has 2 heterocycles. The van der Waals surface area contributed by atoms with Crippen LogP contribution in [0.4, 0.5) is 10.5 Å². The second-order valence-corrected chi connectivity index (χ2v) is 9.96. The molecular formula is C20H27N3O5S. The Kier molecular flexibility index (Phi) is 5.97. The van der Waals surface area contributed by atoms with Crippen LogP contribution in [0.2, 0.25) is 0 Å². The van der Waals surface area contributed by atoms with Crippen molar-refractivity contribution in [1.82, 2.24) is 9.80 Å². The molecule has 2 atom stereocenters. The maximum Gasteiger partial charge on any atom is 0.332 e. The van der Waals surface area contributed by atoms with Gasteiger partial charge in [0, 0.05) is 18.3 Å². The molecule has 1 aromatic rings. The Labute approximate surface area is 171 Å². The van der Waals surface area contributed by atoms with E-state index in [-0.39, 0.29) is 18.1 Å². The van der Waals surface area contributed by atoms with Crippen LogP contribution in [0.25, 0.3) is 0 Å². The average molecular weight is 422 g/mol. The molecule has 2 aliphatic rings. The normalized spacial score (nSPS) is 23.7. The molecule has 2 fully saturated rings. The first-order valence-corrected chi connectivity index (χ1v) is 11.7. The summed E-state index contributed by atoms with van der Waals surface area (Å²) in [6.07, 6.45) is 1.05. The summed E-state index contributed by atoms with van der Waals surface area (Å²) in [5, 5.41) is 0. The van der Waals surface area contributed by atoms with E-state index in [9.17, 15) is 22.8 Å². The van der Waals surface area contributed by atoms with E-state index >= 15 is 0 Å². The van der Waals surface area contributed by atoms with Crippen molar-refractivity contribution in [3.05, 3.63) is 29.8 Å². The lowest BCUT2D eigenvalue weighted by Crippen LogP contribution is -2.48. The summed E-state index contributed by atoms with van der Waals surface area (Å²) in [6.45, 7) is 5.49. The SMILES string of the molecule is CCCN(C(=O)CN1C(=O)[C@@H](C)N(c2ccc(C)cc2)C1=O)[C@H]1CCS(=O)(=O)C1. The van der Waals surface area contributed by atoms with Crippen molar-refractivity contribution in [2.75, 3.05) is 29.5 Å². The Morgan fingerprint density at radius 1 is 1.21 bits per heavy atom. The molecule has 4 amide bonds. The fraction of sp³-hybridized carbons (Fsp3) is 0.550. The van der Waals surface area contributed by atoms with Crippen LogP contribution in [0.3, 0.4) is 0 Å². The predicted octanol–water partition coefficient (Wildman–Crippen LogP) is 1.58. The number of benzene rings is 1. The van der Waals surface area contributed by atoms with E-state index < -0.39 is 39.8 Å². The molecule has 0 unspecified atom stereocenters. The highest BCUT2D eigenvalue weighted by Gasteiger charge is 2.45. The van der Waals surface area contributed by atoms with Crippen LogP contribution in [-0.2, 0) is 19.4 Å². The topological polar surface area (TPSA) is 95.1 Å². The number of hydrogen-bond donors (Lipinski definition) is 0. The highest BCUT2D eigenvalue weighted by atomic mass is 32.2. The molecule has 0 aliphatic carbocycles. The number of anilines is 1. The van der Waals surface area contributed by atoms with Gasteiger partial charge in [0.2, 0.25) is 5.91 Å². The number of sulfone groups is 1. The molecule has 0 N–H and O–H groups in total. The predicted molar refractivity (Wildman–Crippen MR) is 109 cm³/mol. The van der Waals surface area contributed by atoms with Crippen molar-refractivity contribution in [1.29, 1.82) is 0 Å². The van der Waals surface area contributed by atoms with Gasteiger partial charge in [-0.15, -0.1) is 0 Å². The Balaban J connectivity index is 1.77. The van der Waals surface area contributed by atoms with Gasteiger partial charge in [-0.05, 0) is 38.8 Å². The molecule has 158 valence electrons. The summed E-state index contributed by atoms with van der Waals surface area (Å²) < 4.78 is 23.6. The van der Waals surface area contributed by atoms with E-state index in [4.69, 9.17) is 0 Å². The van der Waals surface area contributed by atoms with Crippen LogP contribution >= 0.6 is 0 Å². The molecule has 0 aromatic heterocycles. The van der Waals surface area contributed by atoms with Crippen LogP contribution < -0.4 is 4.90 Å². The third kappa shape index (κ3) is 4.29. The fourth-order valence-electron chi connectivity index (χ4n) is 3.91. The summed E-state index contributed by atoms with van der Waals surface area (Å²) in [5.41, 5.74) is 1.64. The zero-order valence-corrected chi connectivity index (χ0v) is 17.8. The molecule has 3 rings (SSSR count). The lowest BCUT2D eigenvalue weighted by atomic mass is 10.2. The zero-order valence-electron chi connectivity index (χ0n) is 17.0. The van der Waals surface area contributed by atoms with Crippen LogP contribution in [0.1, 0.15) is 32.3 Å². The molecule has 2 aliphatic heterocycles. The van der Waals surface area contributed by atoms with Crippen molar-refractivity contribution in [3.8, 4) is 0 Å². The summed E-state index contributed by atoms with van der Waals surface area (Å²) in [7, 11) is -3.15. The molecule has 0 spiro atoms. The van der Waals surface area contributed by atoms with Crippen LogP contribution in [0, 0.1) is 6.92 Å². The summed E-state index contributed by atoms with van der Waals surface area (Å²) in [4.78, 5) is 42.4. The maximum absolute atomic E-state index is 12.9. The lowest BCUT2D eigenvalue weighted by molar-refractivity contribution is -0.138. The monoisotopic (exact) mass is 421 g/mol. The first-order chi connectivity index (χ1) is 13.6. The molecular weight excluding hydrogens is 394 g/mol. The van der Waals surface area contributed by atoms with E-state index in [1.165, 1.54) is 9.80 Å². The number of hydrogen-bond acceptors (Lipinski definition) is 5. The molecule has 29 heavy (non-hydrogen) atoms. The van der Waals surface area contributed by atoms with Crippen LogP contribution in [-0.4, -0.2) is 72.7 Å². The summed E-state index contributed by atoms with van der Waals surface area (Å²) in [6, 6.07) is 5.63. The Hall–Kier alpha value is -2.42. The minimum Gasteiger partial charge on any atom is -0.337 e. The van der Waals surface area contributed by atoms with Crippen molar-refractivity contribution >= 4 is 33.4 Å². The minimum atomic E-state index is -3.15. The zero-order chi connectivity index (χ0) is 21.3. The first kappa shape index (κ1) is 21.3. The Morgan fingerprint density at radius 2 is 1.86 bits per heavy atom. The molecule has 0 radical (unpaired) electrons. The van der Waals surface area contributed by atoms with Gasteiger partial charge in [-0.3, -0.25) is 19.4 Å². The van der Waals surface area contributed by atoms with Crippen molar-refractivity contribution in [2.45, 2.75) is 45.7 Å². The quantitative estimate of drug-likeness (QED) is 0.650. The lowest BCUT2D eigenvalue weighted by Gasteiger charge is -2.29. The van der Waals surface area contributed by atoms with Crippen molar-refractivity contribution < 1.29 is 22.8 Å². The fourth-order valence-corrected chi connectivity index (χ4v) is 5.64. The van der Waals surface area contributed by atoms with E-state index in [2.05, 4.69) is 0 Å². The standard InChI is InChI=1S/C20H27N3O5S/c1-4-10-21(17-9-11-29(27,28)13-17)18(24)12-22-19(25)15(3)23(20(22)26)16-7-5-14(2)6-8-16/h5-8,15,17H,4,9-13H2,1-3H3/t15-,17+/m1/s1. The Bertz CT molecular complexity index is 913. The summed E-state index contributed by atoms with van der Waals surface area (Å²) in [5.74, 6) is -0.828.